The normalized spacial score (nSPS) is 11.8. The third kappa shape index (κ3) is 4.95. The van der Waals surface area contributed by atoms with Crippen molar-refractivity contribution in [3.8, 4) is 5.75 Å². The lowest BCUT2D eigenvalue weighted by Crippen LogP contribution is -2.45. The lowest BCUT2D eigenvalue weighted by molar-refractivity contribution is -0.761. The van der Waals surface area contributed by atoms with Crippen molar-refractivity contribution in [1.82, 2.24) is 5.10 Å². The van der Waals surface area contributed by atoms with Gasteiger partial charge in [-0.25, -0.2) is 0 Å². The molecule has 3 rings (SSSR count). The molecule has 0 fully saturated rings. The topological polar surface area (TPSA) is 78.2 Å². The fourth-order valence-electron chi connectivity index (χ4n) is 2.86. The van der Waals surface area contributed by atoms with Gasteiger partial charge < -0.3 is 15.2 Å². The number of benzene rings is 2. The fourth-order valence-corrected chi connectivity index (χ4v) is 2.86. The number of aromatic nitrogens is 2. The SMILES string of the molecule is Cc1cc(C)[n+](CC(O)COc2ccccc2C(=O)Nc2ccccc2)[nH]1. The zero-order valence-electron chi connectivity index (χ0n) is 15.5. The zero-order chi connectivity index (χ0) is 19.2. The van der Waals surface area contributed by atoms with Crippen LogP contribution in [0.3, 0.4) is 0 Å². The minimum absolute atomic E-state index is 0.0835. The van der Waals surface area contributed by atoms with Gasteiger partial charge in [0.05, 0.1) is 11.3 Å². The maximum Gasteiger partial charge on any atom is 0.259 e. The van der Waals surface area contributed by atoms with Gasteiger partial charge in [0.1, 0.15) is 18.5 Å². The second kappa shape index (κ2) is 8.51. The summed E-state index contributed by atoms with van der Waals surface area (Å²) in [6.07, 6.45) is -0.711. The summed E-state index contributed by atoms with van der Waals surface area (Å²) in [7, 11) is 0. The summed E-state index contributed by atoms with van der Waals surface area (Å²) in [6.45, 7) is 4.41. The van der Waals surface area contributed by atoms with Crippen LogP contribution in [0.15, 0.2) is 60.7 Å². The molecule has 1 unspecified atom stereocenters. The Labute approximate surface area is 158 Å². The van der Waals surface area contributed by atoms with Crippen LogP contribution < -0.4 is 14.7 Å². The average molecular weight is 366 g/mol. The summed E-state index contributed by atoms with van der Waals surface area (Å²) < 4.78 is 7.61. The summed E-state index contributed by atoms with van der Waals surface area (Å²) in [6, 6.07) is 18.3. The largest absolute Gasteiger partial charge is 0.490 e. The molecule has 0 aliphatic heterocycles. The number of aliphatic hydroxyl groups excluding tert-OH is 1. The van der Waals surface area contributed by atoms with Crippen LogP contribution in [0, 0.1) is 13.8 Å². The number of rotatable bonds is 7. The zero-order valence-corrected chi connectivity index (χ0v) is 15.5. The Morgan fingerprint density at radius 2 is 1.85 bits per heavy atom. The van der Waals surface area contributed by atoms with Gasteiger partial charge in [-0.3, -0.25) is 4.79 Å². The average Bonchev–Trinajstić information content (AvgIpc) is 2.98. The molecule has 2 aromatic carbocycles. The van der Waals surface area contributed by atoms with Crippen LogP contribution in [0.2, 0.25) is 0 Å². The van der Waals surface area contributed by atoms with Gasteiger partial charge >= 0.3 is 0 Å². The van der Waals surface area contributed by atoms with Gasteiger partial charge in [0.15, 0.2) is 0 Å². The molecule has 6 nitrogen and oxygen atoms in total. The molecule has 0 aliphatic rings. The van der Waals surface area contributed by atoms with Crippen molar-refractivity contribution in [2.24, 2.45) is 0 Å². The first-order chi connectivity index (χ1) is 13.0. The van der Waals surface area contributed by atoms with Crippen molar-refractivity contribution in [2.45, 2.75) is 26.5 Å². The molecule has 1 heterocycles. The Bertz CT molecular complexity index is 906. The Kier molecular flexibility index (Phi) is 5.88. The van der Waals surface area contributed by atoms with Crippen molar-refractivity contribution >= 4 is 11.6 Å². The second-order valence-electron chi connectivity index (χ2n) is 6.47. The molecule has 0 saturated heterocycles. The number of nitrogens with zero attached hydrogens (tertiary/aromatic N) is 1. The number of hydrogen-bond acceptors (Lipinski definition) is 3. The smallest absolute Gasteiger partial charge is 0.259 e. The monoisotopic (exact) mass is 366 g/mol. The molecule has 1 atom stereocenters. The Morgan fingerprint density at radius 3 is 2.56 bits per heavy atom. The molecule has 6 heteroatoms. The lowest BCUT2D eigenvalue weighted by atomic mass is 10.2. The van der Waals surface area contributed by atoms with Crippen LogP contribution in [0.25, 0.3) is 0 Å². The molecule has 0 radical (unpaired) electrons. The van der Waals surface area contributed by atoms with Gasteiger partial charge in [-0.05, 0) is 31.2 Å². The summed E-state index contributed by atoms with van der Waals surface area (Å²) in [5.41, 5.74) is 3.21. The van der Waals surface area contributed by atoms with Gasteiger partial charge in [0.25, 0.3) is 5.91 Å². The number of anilines is 1. The number of nitrogens with one attached hydrogen (secondary N) is 2. The van der Waals surface area contributed by atoms with E-state index in [9.17, 15) is 9.90 Å². The third-order valence-electron chi connectivity index (χ3n) is 4.15. The maximum absolute atomic E-state index is 12.6. The highest BCUT2D eigenvalue weighted by Crippen LogP contribution is 2.20. The van der Waals surface area contributed by atoms with Gasteiger partial charge in [0, 0.05) is 18.7 Å². The van der Waals surface area contributed by atoms with E-state index in [1.54, 1.807) is 24.3 Å². The predicted octanol–water partition coefficient (Wildman–Crippen LogP) is 2.61. The van der Waals surface area contributed by atoms with Crippen LogP contribution in [-0.4, -0.2) is 28.8 Å². The quantitative estimate of drug-likeness (QED) is 0.563. The Hall–Kier alpha value is -3.12. The first kappa shape index (κ1) is 18.7. The first-order valence-electron chi connectivity index (χ1n) is 8.85. The Morgan fingerprint density at radius 1 is 1.15 bits per heavy atom. The third-order valence-corrected chi connectivity index (χ3v) is 4.15. The molecule has 0 aliphatic carbocycles. The summed E-state index contributed by atoms with van der Waals surface area (Å²) in [5, 5.41) is 16.3. The standard InChI is InChI=1S/C21H23N3O3/c1-15-12-16(2)24(23-15)13-18(25)14-27-20-11-7-6-10-19(20)21(26)22-17-8-4-3-5-9-17/h3-12,18,25H,13-14H2,1-2H3,(H,22,26)/p+1. The van der Waals surface area contributed by atoms with E-state index in [0.29, 0.717) is 23.5 Å². The minimum Gasteiger partial charge on any atom is -0.490 e. The van der Waals surface area contributed by atoms with Crippen LogP contribution in [0.4, 0.5) is 5.69 Å². The number of ether oxygens (including phenoxy) is 1. The van der Waals surface area contributed by atoms with E-state index >= 15 is 0 Å². The molecule has 27 heavy (non-hydrogen) atoms. The molecule has 1 amide bonds. The molecule has 0 spiro atoms. The lowest BCUT2D eigenvalue weighted by Gasteiger charge is -2.13. The number of carbonyl (C=O) groups is 1. The van der Waals surface area contributed by atoms with E-state index in [2.05, 4.69) is 10.4 Å². The highest BCUT2D eigenvalue weighted by atomic mass is 16.5. The molecule has 0 saturated carbocycles. The molecular formula is C21H24N3O3+. The van der Waals surface area contributed by atoms with Crippen LogP contribution in [0.1, 0.15) is 21.7 Å². The predicted molar refractivity (Wildman–Crippen MR) is 103 cm³/mol. The van der Waals surface area contributed by atoms with E-state index in [-0.39, 0.29) is 12.5 Å². The van der Waals surface area contributed by atoms with Gasteiger partial charge in [0.2, 0.25) is 12.2 Å². The van der Waals surface area contributed by atoms with Crippen LogP contribution >= 0.6 is 0 Å². The summed E-state index contributed by atoms with van der Waals surface area (Å²) >= 11 is 0. The first-order valence-corrected chi connectivity index (χ1v) is 8.85. The van der Waals surface area contributed by atoms with Crippen LogP contribution in [-0.2, 0) is 6.54 Å². The number of H-pyrrole nitrogens is 1. The van der Waals surface area contributed by atoms with Crippen molar-refractivity contribution in [3.63, 3.8) is 0 Å². The molecule has 3 N–H and O–H groups in total. The summed E-state index contributed by atoms with van der Waals surface area (Å²) in [4.78, 5) is 12.6. The number of amides is 1. The Balaban J connectivity index is 1.63. The van der Waals surface area contributed by atoms with Crippen LogP contribution in [0.5, 0.6) is 5.75 Å². The number of aromatic amines is 1. The van der Waals surface area contributed by atoms with Gasteiger partial charge in [-0.2, -0.15) is 5.10 Å². The molecular weight excluding hydrogens is 342 g/mol. The van der Waals surface area contributed by atoms with E-state index in [1.165, 1.54) is 0 Å². The molecule has 3 aromatic rings. The molecule has 1 aromatic heterocycles. The molecule has 0 bridgehead atoms. The van der Waals surface area contributed by atoms with E-state index in [0.717, 1.165) is 11.4 Å². The van der Waals surface area contributed by atoms with E-state index in [4.69, 9.17) is 4.74 Å². The summed E-state index contributed by atoms with van der Waals surface area (Å²) in [5.74, 6) is 0.186. The van der Waals surface area contributed by atoms with Gasteiger partial charge in [-0.1, -0.05) is 30.3 Å². The van der Waals surface area contributed by atoms with Gasteiger partial charge in [-0.15, -0.1) is 4.68 Å². The number of hydrogen-bond donors (Lipinski definition) is 3. The molecule has 140 valence electrons. The van der Waals surface area contributed by atoms with Crippen molar-refractivity contribution < 1.29 is 19.3 Å². The van der Waals surface area contributed by atoms with E-state index < -0.39 is 6.10 Å². The van der Waals surface area contributed by atoms with E-state index in [1.807, 2.05) is 54.9 Å². The van der Waals surface area contributed by atoms with Crippen molar-refractivity contribution in [3.05, 3.63) is 77.6 Å². The van der Waals surface area contributed by atoms with Crippen molar-refractivity contribution in [2.75, 3.05) is 11.9 Å². The highest BCUT2D eigenvalue weighted by molar-refractivity contribution is 6.06. The fraction of sp³-hybridized carbons (Fsp3) is 0.238. The number of carbonyl (C=O) groups excluding carboxylic acids is 1. The highest BCUT2D eigenvalue weighted by Gasteiger charge is 2.18. The maximum atomic E-state index is 12.6. The second-order valence-corrected chi connectivity index (χ2v) is 6.47. The number of para-hydroxylation sites is 2. The number of aryl methyl sites for hydroxylation is 2. The van der Waals surface area contributed by atoms with Crippen molar-refractivity contribution in [1.29, 1.82) is 0 Å². The number of aliphatic hydroxyl groups is 1. The minimum atomic E-state index is -0.711.